The number of piperidine rings is 1. The third-order valence-corrected chi connectivity index (χ3v) is 3.03. The molecule has 92 valence electrons. The van der Waals surface area contributed by atoms with Gasteiger partial charge in [-0.1, -0.05) is 6.92 Å². The Kier molecular flexibility index (Phi) is 5.29. The van der Waals surface area contributed by atoms with Gasteiger partial charge in [0, 0.05) is 25.4 Å². The van der Waals surface area contributed by atoms with Crippen LogP contribution in [0.2, 0.25) is 0 Å². The zero-order valence-electron chi connectivity index (χ0n) is 10.2. The van der Waals surface area contributed by atoms with Gasteiger partial charge in [-0.3, -0.25) is 4.79 Å². The summed E-state index contributed by atoms with van der Waals surface area (Å²) >= 11 is 0. The molecule has 1 aliphatic heterocycles. The highest BCUT2D eigenvalue weighted by molar-refractivity contribution is 5.79. The van der Waals surface area contributed by atoms with E-state index in [1.165, 1.54) is 7.11 Å². The van der Waals surface area contributed by atoms with Crippen molar-refractivity contribution in [3.05, 3.63) is 0 Å². The number of carbonyl (C=O) groups excluding carboxylic acids is 2. The molecule has 0 aromatic heterocycles. The number of rotatable bonds is 4. The summed E-state index contributed by atoms with van der Waals surface area (Å²) in [6, 6.07) is 0.0558. The van der Waals surface area contributed by atoms with Crippen LogP contribution < -0.4 is 0 Å². The third kappa shape index (κ3) is 3.51. The summed E-state index contributed by atoms with van der Waals surface area (Å²) in [7, 11) is 1.39. The number of amides is 1. The van der Waals surface area contributed by atoms with Crippen LogP contribution in [0.3, 0.4) is 0 Å². The number of hydrogen-bond donors (Lipinski definition) is 0. The second kappa shape index (κ2) is 6.51. The van der Waals surface area contributed by atoms with Crippen molar-refractivity contribution < 1.29 is 14.3 Å². The molecule has 1 rings (SSSR count). The van der Waals surface area contributed by atoms with E-state index in [1.807, 2.05) is 6.92 Å². The standard InChI is InChI=1S/C12H21NO3/c1-3-6-11(14)9-10-7-4-5-8-13(10)12(15)16-2/h10H,3-9H2,1-2H3/t10-/m0/s1. The van der Waals surface area contributed by atoms with Crippen molar-refractivity contribution in [2.45, 2.75) is 51.5 Å². The SMILES string of the molecule is CCCC(=O)C[C@@H]1CCCCN1C(=O)OC. The van der Waals surface area contributed by atoms with Crippen LogP contribution in [0.15, 0.2) is 0 Å². The largest absolute Gasteiger partial charge is 0.453 e. The maximum absolute atomic E-state index is 11.6. The number of carbonyl (C=O) groups is 2. The summed E-state index contributed by atoms with van der Waals surface area (Å²) in [6.45, 7) is 2.72. The van der Waals surface area contributed by atoms with Crippen LogP contribution in [0, 0.1) is 0 Å². The number of ketones is 1. The predicted molar refractivity (Wildman–Crippen MR) is 61.3 cm³/mol. The molecule has 0 aliphatic carbocycles. The molecule has 0 aromatic carbocycles. The first-order chi connectivity index (χ1) is 7.69. The highest BCUT2D eigenvalue weighted by Gasteiger charge is 2.28. The van der Waals surface area contributed by atoms with Gasteiger partial charge in [-0.2, -0.15) is 0 Å². The van der Waals surface area contributed by atoms with Crippen LogP contribution in [-0.4, -0.2) is 36.5 Å². The summed E-state index contributed by atoms with van der Waals surface area (Å²) in [6.07, 6.45) is 4.71. The number of hydrogen-bond acceptors (Lipinski definition) is 3. The van der Waals surface area contributed by atoms with Crippen molar-refractivity contribution in [1.29, 1.82) is 0 Å². The molecule has 0 radical (unpaired) electrons. The van der Waals surface area contributed by atoms with Gasteiger partial charge in [0.25, 0.3) is 0 Å². The Morgan fingerprint density at radius 3 is 2.75 bits per heavy atom. The maximum Gasteiger partial charge on any atom is 0.409 e. The van der Waals surface area contributed by atoms with Gasteiger partial charge in [0.15, 0.2) is 0 Å². The maximum atomic E-state index is 11.6. The molecule has 1 heterocycles. The molecule has 4 heteroatoms. The number of ether oxygens (including phenoxy) is 1. The quantitative estimate of drug-likeness (QED) is 0.740. The van der Waals surface area contributed by atoms with Gasteiger partial charge in [-0.15, -0.1) is 0 Å². The summed E-state index contributed by atoms with van der Waals surface area (Å²) in [5.41, 5.74) is 0. The van der Waals surface area contributed by atoms with Crippen LogP contribution in [0.25, 0.3) is 0 Å². The van der Waals surface area contributed by atoms with Crippen LogP contribution in [0.1, 0.15) is 45.4 Å². The molecule has 0 spiro atoms. The van der Waals surface area contributed by atoms with Gasteiger partial charge < -0.3 is 9.64 Å². The number of methoxy groups -OCH3 is 1. The normalized spacial score (nSPS) is 20.6. The Hall–Kier alpha value is -1.06. The summed E-state index contributed by atoms with van der Waals surface area (Å²) in [4.78, 5) is 24.8. The Labute approximate surface area is 96.9 Å². The van der Waals surface area contributed by atoms with Gasteiger partial charge in [-0.05, 0) is 25.7 Å². The lowest BCUT2D eigenvalue weighted by Gasteiger charge is -2.34. The van der Waals surface area contributed by atoms with Crippen LogP contribution >= 0.6 is 0 Å². The Morgan fingerprint density at radius 1 is 1.38 bits per heavy atom. The summed E-state index contributed by atoms with van der Waals surface area (Å²) < 4.78 is 4.74. The Morgan fingerprint density at radius 2 is 2.12 bits per heavy atom. The van der Waals surface area contributed by atoms with Gasteiger partial charge in [0.1, 0.15) is 5.78 Å². The van der Waals surface area contributed by atoms with E-state index in [-0.39, 0.29) is 17.9 Å². The van der Waals surface area contributed by atoms with Crippen molar-refractivity contribution in [3.8, 4) is 0 Å². The molecule has 16 heavy (non-hydrogen) atoms. The van der Waals surface area contributed by atoms with E-state index in [0.717, 1.165) is 32.2 Å². The van der Waals surface area contributed by atoms with Crippen LogP contribution in [0.4, 0.5) is 4.79 Å². The van der Waals surface area contributed by atoms with Gasteiger partial charge >= 0.3 is 6.09 Å². The number of nitrogens with zero attached hydrogens (tertiary/aromatic N) is 1. The van der Waals surface area contributed by atoms with E-state index >= 15 is 0 Å². The first-order valence-electron chi connectivity index (χ1n) is 6.05. The molecule has 0 saturated carbocycles. The third-order valence-electron chi connectivity index (χ3n) is 3.03. The predicted octanol–water partition coefficient (Wildman–Crippen LogP) is 2.37. The van der Waals surface area contributed by atoms with Crippen molar-refractivity contribution >= 4 is 11.9 Å². The minimum Gasteiger partial charge on any atom is -0.453 e. The molecule has 1 saturated heterocycles. The molecular weight excluding hydrogens is 206 g/mol. The van der Waals surface area contributed by atoms with E-state index in [9.17, 15) is 9.59 Å². The van der Waals surface area contributed by atoms with Gasteiger partial charge in [-0.25, -0.2) is 4.79 Å². The fourth-order valence-electron chi connectivity index (χ4n) is 2.21. The smallest absolute Gasteiger partial charge is 0.409 e. The molecule has 4 nitrogen and oxygen atoms in total. The lowest BCUT2D eigenvalue weighted by Crippen LogP contribution is -2.44. The topological polar surface area (TPSA) is 46.6 Å². The van der Waals surface area contributed by atoms with E-state index in [2.05, 4.69) is 0 Å². The molecule has 1 aliphatic rings. The average molecular weight is 227 g/mol. The van der Waals surface area contributed by atoms with Gasteiger partial charge in [0.2, 0.25) is 0 Å². The van der Waals surface area contributed by atoms with Crippen molar-refractivity contribution in [1.82, 2.24) is 4.90 Å². The number of Topliss-reactive ketones (excluding diaryl/α,β-unsaturated/α-hetero) is 1. The lowest BCUT2D eigenvalue weighted by atomic mass is 9.96. The summed E-state index contributed by atoms with van der Waals surface area (Å²) in [5, 5.41) is 0. The second-order valence-electron chi connectivity index (χ2n) is 4.31. The number of likely N-dealkylation sites (tertiary alicyclic amines) is 1. The van der Waals surface area contributed by atoms with Crippen molar-refractivity contribution in [3.63, 3.8) is 0 Å². The Bertz CT molecular complexity index is 253. The fraction of sp³-hybridized carbons (Fsp3) is 0.833. The minimum absolute atomic E-state index is 0.0558. The van der Waals surface area contributed by atoms with E-state index in [0.29, 0.717) is 12.8 Å². The second-order valence-corrected chi connectivity index (χ2v) is 4.31. The molecular formula is C12H21NO3. The van der Waals surface area contributed by atoms with E-state index in [4.69, 9.17) is 4.74 Å². The monoisotopic (exact) mass is 227 g/mol. The van der Waals surface area contributed by atoms with E-state index in [1.54, 1.807) is 4.90 Å². The molecule has 0 aromatic rings. The van der Waals surface area contributed by atoms with Crippen molar-refractivity contribution in [2.24, 2.45) is 0 Å². The zero-order valence-corrected chi connectivity index (χ0v) is 10.2. The zero-order chi connectivity index (χ0) is 12.0. The molecule has 1 fully saturated rings. The Balaban J connectivity index is 2.53. The average Bonchev–Trinajstić information content (AvgIpc) is 2.29. The highest BCUT2D eigenvalue weighted by Crippen LogP contribution is 2.21. The summed E-state index contributed by atoms with van der Waals surface area (Å²) in [5.74, 6) is 0.253. The van der Waals surface area contributed by atoms with Crippen LogP contribution in [0.5, 0.6) is 0 Å². The first kappa shape index (κ1) is 13.0. The molecule has 0 N–H and O–H groups in total. The molecule has 1 amide bonds. The molecule has 0 unspecified atom stereocenters. The van der Waals surface area contributed by atoms with Crippen molar-refractivity contribution in [2.75, 3.05) is 13.7 Å². The minimum atomic E-state index is -0.297. The molecule has 0 bridgehead atoms. The van der Waals surface area contributed by atoms with Crippen LogP contribution in [-0.2, 0) is 9.53 Å². The van der Waals surface area contributed by atoms with Gasteiger partial charge in [0.05, 0.1) is 7.11 Å². The molecule has 1 atom stereocenters. The first-order valence-corrected chi connectivity index (χ1v) is 6.05. The van der Waals surface area contributed by atoms with E-state index < -0.39 is 0 Å². The highest BCUT2D eigenvalue weighted by atomic mass is 16.5. The lowest BCUT2D eigenvalue weighted by molar-refractivity contribution is -0.120. The fourth-order valence-corrected chi connectivity index (χ4v) is 2.21.